The molecule has 27 heavy (non-hydrogen) atoms. The molecular weight excluding hydrogens is 340 g/mol. The molecule has 0 saturated carbocycles. The zero-order valence-electron chi connectivity index (χ0n) is 18.3. The highest BCUT2D eigenvalue weighted by atomic mass is 16.5. The summed E-state index contributed by atoms with van der Waals surface area (Å²) in [5.41, 5.74) is 0. The summed E-state index contributed by atoms with van der Waals surface area (Å²) in [5.74, 6) is -0.0927. The number of rotatable bonds is 22. The minimum atomic E-state index is -0.0927. The molecule has 0 aromatic rings. The lowest BCUT2D eigenvalue weighted by molar-refractivity contribution is -0.144. The van der Waals surface area contributed by atoms with Crippen molar-refractivity contribution in [3.05, 3.63) is 0 Å². The van der Waals surface area contributed by atoms with E-state index in [0.717, 1.165) is 25.9 Å². The third-order valence-electron chi connectivity index (χ3n) is 4.69. The zero-order valence-corrected chi connectivity index (χ0v) is 18.3. The molecule has 0 unspecified atom stereocenters. The first kappa shape index (κ1) is 26.4. The van der Waals surface area contributed by atoms with Crippen LogP contribution in [0.3, 0.4) is 0 Å². The summed E-state index contributed by atoms with van der Waals surface area (Å²) in [5, 5.41) is 0. The minimum absolute atomic E-state index is 0.0927. The van der Waals surface area contributed by atoms with E-state index >= 15 is 0 Å². The molecule has 0 fully saturated rings. The lowest BCUT2D eigenvalue weighted by Crippen LogP contribution is -2.09. The summed E-state index contributed by atoms with van der Waals surface area (Å²) in [6, 6.07) is 0. The predicted molar refractivity (Wildman–Crippen MR) is 113 cm³/mol. The van der Waals surface area contributed by atoms with Crippen LogP contribution in [0.5, 0.6) is 0 Å². The van der Waals surface area contributed by atoms with E-state index in [0.29, 0.717) is 32.8 Å². The largest absolute Gasteiger partial charge is 0.466 e. The Bertz CT molecular complexity index is 294. The van der Waals surface area contributed by atoms with E-state index in [1.54, 1.807) is 0 Å². The van der Waals surface area contributed by atoms with Gasteiger partial charge >= 0.3 is 5.97 Å². The van der Waals surface area contributed by atoms with Gasteiger partial charge < -0.3 is 14.2 Å². The van der Waals surface area contributed by atoms with Crippen molar-refractivity contribution in [2.24, 2.45) is 0 Å². The van der Waals surface area contributed by atoms with Crippen molar-refractivity contribution in [3.8, 4) is 0 Å². The summed E-state index contributed by atoms with van der Waals surface area (Å²) in [6.45, 7) is 7.74. The maximum absolute atomic E-state index is 11.6. The topological polar surface area (TPSA) is 44.8 Å². The summed E-state index contributed by atoms with van der Waals surface area (Å²) in [4.78, 5) is 11.6. The normalized spacial score (nSPS) is 11.0. The minimum Gasteiger partial charge on any atom is -0.466 e. The Morgan fingerprint density at radius 2 is 0.963 bits per heavy atom. The van der Waals surface area contributed by atoms with Gasteiger partial charge in [-0.1, -0.05) is 84.5 Å². The lowest BCUT2D eigenvalue weighted by atomic mass is 10.1. The zero-order chi connectivity index (χ0) is 19.8. The van der Waals surface area contributed by atoms with Gasteiger partial charge in [-0.15, -0.1) is 0 Å². The van der Waals surface area contributed by atoms with Gasteiger partial charge in [-0.05, 0) is 19.3 Å². The predicted octanol–water partition coefficient (Wildman–Crippen LogP) is 6.45. The van der Waals surface area contributed by atoms with E-state index in [4.69, 9.17) is 14.2 Å². The standard InChI is InChI=1S/C23H46O4/c1-3-5-7-9-10-11-13-15-20-27-23(24)17-16-19-26-22-21-25-18-14-12-8-6-4-2/h3-22H2,1-2H3. The van der Waals surface area contributed by atoms with Crippen molar-refractivity contribution >= 4 is 5.97 Å². The van der Waals surface area contributed by atoms with E-state index < -0.39 is 0 Å². The van der Waals surface area contributed by atoms with Gasteiger partial charge in [-0.3, -0.25) is 4.79 Å². The molecule has 0 aliphatic rings. The molecule has 0 amide bonds. The van der Waals surface area contributed by atoms with Crippen LogP contribution in [-0.2, 0) is 19.0 Å². The van der Waals surface area contributed by atoms with Crippen LogP contribution in [-0.4, -0.2) is 39.0 Å². The highest BCUT2D eigenvalue weighted by molar-refractivity contribution is 5.69. The molecule has 0 aromatic carbocycles. The Morgan fingerprint density at radius 3 is 1.52 bits per heavy atom. The van der Waals surface area contributed by atoms with Gasteiger partial charge in [0.2, 0.25) is 0 Å². The first-order chi connectivity index (χ1) is 13.3. The Morgan fingerprint density at radius 1 is 0.519 bits per heavy atom. The number of carbonyl (C=O) groups is 1. The Kier molecular flexibility index (Phi) is 22.9. The number of carbonyl (C=O) groups excluding carboxylic acids is 1. The van der Waals surface area contributed by atoms with Crippen molar-refractivity contribution in [2.75, 3.05) is 33.0 Å². The molecule has 0 radical (unpaired) electrons. The third kappa shape index (κ3) is 23.4. The van der Waals surface area contributed by atoms with Crippen LogP contribution in [0, 0.1) is 0 Å². The van der Waals surface area contributed by atoms with Crippen molar-refractivity contribution in [3.63, 3.8) is 0 Å². The summed E-state index contributed by atoms with van der Waals surface area (Å²) >= 11 is 0. The fraction of sp³-hybridized carbons (Fsp3) is 0.957. The highest BCUT2D eigenvalue weighted by Crippen LogP contribution is 2.08. The maximum atomic E-state index is 11.6. The molecule has 0 heterocycles. The average molecular weight is 387 g/mol. The highest BCUT2D eigenvalue weighted by Gasteiger charge is 2.02. The SMILES string of the molecule is CCCCCCCCCCOC(=O)CCCOCCOCCCCCCC. The molecule has 0 aliphatic carbocycles. The first-order valence-corrected chi connectivity index (χ1v) is 11.6. The summed E-state index contributed by atoms with van der Waals surface area (Å²) in [6.07, 6.45) is 17.6. The van der Waals surface area contributed by atoms with E-state index in [1.807, 2.05) is 0 Å². The summed E-state index contributed by atoms with van der Waals surface area (Å²) < 4.78 is 16.3. The number of hydrogen-bond donors (Lipinski definition) is 0. The second kappa shape index (κ2) is 23.4. The van der Waals surface area contributed by atoms with Crippen LogP contribution < -0.4 is 0 Å². The molecule has 0 atom stereocenters. The van der Waals surface area contributed by atoms with Gasteiger partial charge in [0.05, 0.1) is 19.8 Å². The third-order valence-corrected chi connectivity index (χ3v) is 4.69. The van der Waals surface area contributed by atoms with Gasteiger partial charge in [0.25, 0.3) is 0 Å². The van der Waals surface area contributed by atoms with Crippen LogP contribution in [0.2, 0.25) is 0 Å². The molecule has 0 spiro atoms. The van der Waals surface area contributed by atoms with Crippen molar-refractivity contribution in [2.45, 2.75) is 110 Å². The quantitative estimate of drug-likeness (QED) is 0.158. The second-order valence-electron chi connectivity index (χ2n) is 7.44. The Balaban J connectivity index is 3.13. The average Bonchev–Trinajstić information content (AvgIpc) is 2.67. The Hall–Kier alpha value is -0.610. The fourth-order valence-corrected chi connectivity index (χ4v) is 2.94. The molecule has 0 aromatic heterocycles. The van der Waals surface area contributed by atoms with Gasteiger partial charge in [0.1, 0.15) is 0 Å². The van der Waals surface area contributed by atoms with Crippen LogP contribution in [0.15, 0.2) is 0 Å². The Labute approximate surface area is 168 Å². The van der Waals surface area contributed by atoms with E-state index in [-0.39, 0.29) is 5.97 Å². The number of ether oxygens (including phenoxy) is 3. The number of hydrogen-bond acceptors (Lipinski definition) is 4. The molecular formula is C23H46O4. The van der Waals surface area contributed by atoms with Crippen LogP contribution in [0.1, 0.15) is 110 Å². The molecule has 4 heteroatoms. The molecule has 0 rings (SSSR count). The van der Waals surface area contributed by atoms with Crippen molar-refractivity contribution < 1.29 is 19.0 Å². The summed E-state index contributed by atoms with van der Waals surface area (Å²) in [7, 11) is 0. The number of esters is 1. The van der Waals surface area contributed by atoms with E-state index in [1.165, 1.54) is 70.6 Å². The molecule has 0 aliphatic heterocycles. The molecule has 4 nitrogen and oxygen atoms in total. The molecule has 0 saturated heterocycles. The molecule has 0 bridgehead atoms. The van der Waals surface area contributed by atoms with Crippen LogP contribution in [0.4, 0.5) is 0 Å². The van der Waals surface area contributed by atoms with Crippen molar-refractivity contribution in [1.29, 1.82) is 0 Å². The molecule has 162 valence electrons. The van der Waals surface area contributed by atoms with Crippen LogP contribution in [0.25, 0.3) is 0 Å². The monoisotopic (exact) mass is 386 g/mol. The second-order valence-corrected chi connectivity index (χ2v) is 7.44. The van der Waals surface area contributed by atoms with Crippen LogP contribution >= 0.6 is 0 Å². The smallest absolute Gasteiger partial charge is 0.305 e. The van der Waals surface area contributed by atoms with E-state index in [2.05, 4.69) is 13.8 Å². The lowest BCUT2D eigenvalue weighted by Gasteiger charge is -2.07. The van der Waals surface area contributed by atoms with Gasteiger partial charge in [-0.2, -0.15) is 0 Å². The van der Waals surface area contributed by atoms with E-state index in [9.17, 15) is 4.79 Å². The fourth-order valence-electron chi connectivity index (χ4n) is 2.94. The van der Waals surface area contributed by atoms with Gasteiger partial charge in [-0.25, -0.2) is 0 Å². The molecule has 0 N–H and O–H groups in total. The van der Waals surface area contributed by atoms with Crippen molar-refractivity contribution in [1.82, 2.24) is 0 Å². The van der Waals surface area contributed by atoms with Gasteiger partial charge in [0.15, 0.2) is 0 Å². The number of unbranched alkanes of at least 4 members (excludes halogenated alkanes) is 11. The van der Waals surface area contributed by atoms with Gasteiger partial charge in [0, 0.05) is 19.6 Å². The first-order valence-electron chi connectivity index (χ1n) is 11.6. The maximum Gasteiger partial charge on any atom is 0.305 e.